The lowest BCUT2D eigenvalue weighted by atomic mass is 10.3. The van der Waals surface area contributed by atoms with E-state index in [9.17, 15) is 4.79 Å². The van der Waals surface area contributed by atoms with E-state index in [-0.39, 0.29) is 12.5 Å². The van der Waals surface area contributed by atoms with Crippen LogP contribution in [-0.4, -0.2) is 39.4 Å². The normalized spacial score (nSPS) is 10.0. The van der Waals surface area contributed by atoms with Crippen LogP contribution in [0.3, 0.4) is 0 Å². The standard InChI is InChI=1S/C9H19NO3/c1-3-10-9(11)8-13-7-5-4-6-12-2/h3-8H2,1-2H3,(H,10,11). The Morgan fingerprint density at radius 1 is 1.31 bits per heavy atom. The highest BCUT2D eigenvalue weighted by atomic mass is 16.5. The molecule has 0 rings (SSSR count). The molecule has 0 aromatic rings. The molecular formula is C9H19NO3. The van der Waals surface area contributed by atoms with Crippen LogP contribution in [0.25, 0.3) is 0 Å². The lowest BCUT2D eigenvalue weighted by Crippen LogP contribution is -2.27. The van der Waals surface area contributed by atoms with Gasteiger partial charge in [-0.2, -0.15) is 0 Å². The Labute approximate surface area is 79.6 Å². The van der Waals surface area contributed by atoms with Crippen molar-refractivity contribution in [3.63, 3.8) is 0 Å². The topological polar surface area (TPSA) is 47.6 Å². The van der Waals surface area contributed by atoms with Crippen molar-refractivity contribution in [2.45, 2.75) is 19.8 Å². The van der Waals surface area contributed by atoms with Crippen molar-refractivity contribution < 1.29 is 14.3 Å². The Kier molecular flexibility index (Phi) is 9.03. The minimum absolute atomic E-state index is 0.0470. The number of carbonyl (C=O) groups is 1. The Hall–Kier alpha value is -0.610. The van der Waals surface area contributed by atoms with Crippen LogP contribution in [-0.2, 0) is 14.3 Å². The van der Waals surface area contributed by atoms with Crippen LogP contribution in [0.5, 0.6) is 0 Å². The van der Waals surface area contributed by atoms with Crippen LogP contribution < -0.4 is 5.32 Å². The van der Waals surface area contributed by atoms with Crippen LogP contribution in [0.15, 0.2) is 0 Å². The van der Waals surface area contributed by atoms with Gasteiger partial charge in [-0.05, 0) is 19.8 Å². The van der Waals surface area contributed by atoms with E-state index in [1.807, 2.05) is 6.92 Å². The SMILES string of the molecule is CCNC(=O)COCCCCOC. The third-order valence-electron chi connectivity index (χ3n) is 1.49. The van der Waals surface area contributed by atoms with E-state index in [0.717, 1.165) is 19.4 Å². The molecule has 0 spiro atoms. The quantitative estimate of drug-likeness (QED) is 0.568. The van der Waals surface area contributed by atoms with Gasteiger partial charge in [-0.15, -0.1) is 0 Å². The van der Waals surface area contributed by atoms with Gasteiger partial charge >= 0.3 is 0 Å². The summed E-state index contributed by atoms with van der Waals surface area (Å²) in [5.74, 6) is -0.0470. The predicted molar refractivity (Wildman–Crippen MR) is 50.6 cm³/mol. The maximum atomic E-state index is 10.9. The van der Waals surface area contributed by atoms with Crippen LogP contribution in [0.2, 0.25) is 0 Å². The fourth-order valence-electron chi connectivity index (χ4n) is 0.864. The Balaban J connectivity index is 3.02. The van der Waals surface area contributed by atoms with E-state index in [1.165, 1.54) is 0 Å². The molecule has 1 amide bonds. The number of rotatable bonds is 8. The maximum Gasteiger partial charge on any atom is 0.245 e. The summed E-state index contributed by atoms with van der Waals surface area (Å²) in [6, 6.07) is 0. The lowest BCUT2D eigenvalue weighted by Gasteiger charge is -2.03. The predicted octanol–water partition coefficient (Wildman–Crippen LogP) is 0.566. The van der Waals surface area contributed by atoms with Crippen molar-refractivity contribution in [3.8, 4) is 0 Å². The molecule has 78 valence electrons. The van der Waals surface area contributed by atoms with Gasteiger partial charge in [0.2, 0.25) is 5.91 Å². The monoisotopic (exact) mass is 189 g/mol. The van der Waals surface area contributed by atoms with Crippen molar-refractivity contribution in [2.24, 2.45) is 0 Å². The third-order valence-corrected chi connectivity index (χ3v) is 1.49. The second-order valence-corrected chi connectivity index (χ2v) is 2.71. The number of nitrogens with one attached hydrogen (secondary N) is 1. The zero-order chi connectivity index (χ0) is 9.94. The molecular weight excluding hydrogens is 170 g/mol. The molecule has 0 aromatic carbocycles. The molecule has 0 radical (unpaired) electrons. The molecule has 0 fully saturated rings. The van der Waals surface area contributed by atoms with Crippen LogP contribution >= 0.6 is 0 Å². The van der Waals surface area contributed by atoms with E-state index < -0.39 is 0 Å². The fraction of sp³-hybridized carbons (Fsp3) is 0.889. The minimum Gasteiger partial charge on any atom is -0.385 e. The van der Waals surface area contributed by atoms with Gasteiger partial charge in [0.1, 0.15) is 6.61 Å². The van der Waals surface area contributed by atoms with E-state index >= 15 is 0 Å². The lowest BCUT2D eigenvalue weighted by molar-refractivity contribution is -0.125. The van der Waals surface area contributed by atoms with E-state index in [1.54, 1.807) is 7.11 Å². The number of methoxy groups -OCH3 is 1. The smallest absolute Gasteiger partial charge is 0.245 e. The molecule has 0 bridgehead atoms. The molecule has 4 nitrogen and oxygen atoms in total. The molecule has 4 heteroatoms. The van der Waals surface area contributed by atoms with Crippen molar-refractivity contribution in [1.82, 2.24) is 5.32 Å². The van der Waals surface area contributed by atoms with Crippen molar-refractivity contribution in [2.75, 3.05) is 33.5 Å². The molecule has 0 saturated carbocycles. The average Bonchev–Trinajstić information content (AvgIpc) is 2.11. The molecule has 0 aliphatic heterocycles. The van der Waals surface area contributed by atoms with Gasteiger partial charge in [0.25, 0.3) is 0 Å². The highest BCUT2D eigenvalue weighted by Gasteiger charge is 1.97. The largest absolute Gasteiger partial charge is 0.385 e. The first-order chi connectivity index (χ1) is 6.31. The van der Waals surface area contributed by atoms with Gasteiger partial charge in [0.15, 0.2) is 0 Å². The third kappa shape index (κ3) is 9.30. The summed E-state index contributed by atoms with van der Waals surface area (Å²) in [5.41, 5.74) is 0. The summed E-state index contributed by atoms with van der Waals surface area (Å²) in [6.07, 6.45) is 1.92. The zero-order valence-electron chi connectivity index (χ0n) is 8.47. The van der Waals surface area contributed by atoms with E-state index in [4.69, 9.17) is 9.47 Å². The molecule has 0 saturated heterocycles. The second-order valence-electron chi connectivity index (χ2n) is 2.71. The number of likely N-dealkylation sites (N-methyl/N-ethyl adjacent to an activating group) is 1. The minimum atomic E-state index is -0.0470. The molecule has 13 heavy (non-hydrogen) atoms. The Morgan fingerprint density at radius 2 is 2.00 bits per heavy atom. The number of amides is 1. The second kappa shape index (κ2) is 9.48. The van der Waals surface area contributed by atoms with Gasteiger partial charge in [-0.1, -0.05) is 0 Å². The summed E-state index contributed by atoms with van der Waals surface area (Å²) >= 11 is 0. The molecule has 0 unspecified atom stereocenters. The van der Waals surface area contributed by atoms with Crippen molar-refractivity contribution in [3.05, 3.63) is 0 Å². The van der Waals surface area contributed by atoms with Crippen molar-refractivity contribution >= 4 is 5.91 Å². The summed E-state index contributed by atoms with van der Waals surface area (Å²) in [5, 5.41) is 2.66. The van der Waals surface area contributed by atoms with Crippen molar-refractivity contribution in [1.29, 1.82) is 0 Å². The van der Waals surface area contributed by atoms with E-state index in [0.29, 0.717) is 13.2 Å². The molecule has 0 aromatic heterocycles. The van der Waals surface area contributed by atoms with E-state index in [2.05, 4.69) is 5.32 Å². The Morgan fingerprint density at radius 3 is 2.62 bits per heavy atom. The summed E-state index contributed by atoms with van der Waals surface area (Å²) in [6.45, 7) is 4.09. The molecule has 0 aliphatic carbocycles. The van der Waals surface area contributed by atoms with Gasteiger partial charge in [-0.25, -0.2) is 0 Å². The zero-order valence-corrected chi connectivity index (χ0v) is 8.47. The van der Waals surface area contributed by atoms with Crippen LogP contribution in [0, 0.1) is 0 Å². The fourth-order valence-corrected chi connectivity index (χ4v) is 0.864. The van der Waals surface area contributed by atoms with Gasteiger partial charge < -0.3 is 14.8 Å². The van der Waals surface area contributed by atoms with Gasteiger partial charge in [0.05, 0.1) is 0 Å². The molecule has 0 aliphatic rings. The summed E-state index contributed by atoms with van der Waals surface area (Å²) < 4.78 is 10.0. The Bertz CT molecular complexity index is 128. The molecule has 1 N–H and O–H groups in total. The first kappa shape index (κ1) is 12.4. The highest BCUT2D eigenvalue weighted by molar-refractivity contribution is 5.77. The first-order valence-corrected chi connectivity index (χ1v) is 4.64. The van der Waals surface area contributed by atoms with Gasteiger partial charge in [0, 0.05) is 26.9 Å². The number of hydrogen-bond donors (Lipinski definition) is 1. The maximum absolute atomic E-state index is 10.9. The first-order valence-electron chi connectivity index (χ1n) is 4.64. The summed E-state index contributed by atoms with van der Waals surface area (Å²) in [4.78, 5) is 10.9. The average molecular weight is 189 g/mol. The van der Waals surface area contributed by atoms with Gasteiger partial charge in [-0.3, -0.25) is 4.79 Å². The molecule has 0 heterocycles. The number of hydrogen-bond acceptors (Lipinski definition) is 3. The number of unbranched alkanes of at least 4 members (excludes halogenated alkanes) is 1. The summed E-state index contributed by atoms with van der Waals surface area (Å²) in [7, 11) is 1.68. The number of carbonyl (C=O) groups excluding carboxylic acids is 1. The molecule has 0 atom stereocenters. The number of ether oxygens (including phenoxy) is 2. The van der Waals surface area contributed by atoms with Crippen LogP contribution in [0.1, 0.15) is 19.8 Å². The van der Waals surface area contributed by atoms with Crippen LogP contribution in [0.4, 0.5) is 0 Å². The highest BCUT2D eigenvalue weighted by Crippen LogP contribution is 1.89.